The van der Waals surface area contributed by atoms with Gasteiger partial charge in [0, 0.05) is 30.7 Å². The fourth-order valence-electron chi connectivity index (χ4n) is 4.52. The molecule has 3 aliphatic carbocycles. The van der Waals surface area contributed by atoms with Crippen LogP contribution >= 0.6 is 0 Å². The van der Waals surface area contributed by atoms with E-state index in [4.69, 9.17) is 9.84 Å². The second kappa shape index (κ2) is 6.75. The van der Waals surface area contributed by atoms with Crippen molar-refractivity contribution in [2.75, 3.05) is 13.2 Å². The van der Waals surface area contributed by atoms with E-state index in [1.165, 1.54) is 19.3 Å². The van der Waals surface area contributed by atoms with Crippen LogP contribution in [0, 0.1) is 11.3 Å². The molecule has 0 aromatic carbocycles. The number of carbonyl (C=O) groups is 1. The first-order valence-electron chi connectivity index (χ1n) is 8.97. The predicted molar refractivity (Wildman–Crippen MR) is 84.6 cm³/mol. The molecule has 3 saturated carbocycles. The van der Waals surface area contributed by atoms with E-state index in [0.29, 0.717) is 12.0 Å². The minimum absolute atomic E-state index is 0.0151. The molecular weight excluding hydrogens is 280 g/mol. The van der Waals surface area contributed by atoms with Crippen LogP contribution in [-0.2, 0) is 4.74 Å². The van der Waals surface area contributed by atoms with Gasteiger partial charge in [-0.3, -0.25) is 0 Å². The van der Waals surface area contributed by atoms with Gasteiger partial charge in [0.1, 0.15) is 0 Å². The standard InChI is InChI=1S/C17H30N2O3/c1-2-22-15-10-14(17(15)8-3-9-17)19-16(21)18-13-6-4-12(11-20)5-7-13/h12-15,20H,2-11H2,1H3,(H2,18,19,21). The Morgan fingerprint density at radius 1 is 1.23 bits per heavy atom. The summed E-state index contributed by atoms with van der Waals surface area (Å²) in [4.78, 5) is 12.2. The molecule has 22 heavy (non-hydrogen) atoms. The number of hydrogen-bond donors (Lipinski definition) is 3. The zero-order chi connectivity index (χ0) is 15.6. The number of nitrogens with one attached hydrogen (secondary N) is 2. The first kappa shape index (κ1) is 16.1. The molecule has 3 N–H and O–H groups in total. The molecule has 0 aliphatic heterocycles. The summed E-state index contributed by atoms with van der Waals surface area (Å²) in [6.07, 6.45) is 8.92. The zero-order valence-corrected chi connectivity index (χ0v) is 13.6. The first-order valence-corrected chi connectivity index (χ1v) is 8.97. The number of aliphatic hydroxyl groups excluding tert-OH is 1. The summed E-state index contributed by atoms with van der Waals surface area (Å²) >= 11 is 0. The van der Waals surface area contributed by atoms with Gasteiger partial charge in [-0.05, 0) is 57.8 Å². The van der Waals surface area contributed by atoms with E-state index in [2.05, 4.69) is 10.6 Å². The number of aliphatic hydroxyl groups is 1. The molecular formula is C17H30N2O3. The van der Waals surface area contributed by atoms with Crippen LogP contribution in [0.25, 0.3) is 0 Å². The lowest BCUT2D eigenvalue weighted by atomic mass is 9.51. The maximum atomic E-state index is 12.2. The van der Waals surface area contributed by atoms with Crippen molar-refractivity contribution in [3.05, 3.63) is 0 Å². The topological polar surface area (TPSA) is 70.6 Å². The van der Waals surface area contributed by atoms with Crippen molar-refractivity contribution in [3.63, 3.8) is 0 Å². The Kier molecular flexibility index (Phi) is 4.93. The molecule has 126 valence electrons. The fraction of sp³-hybridized carbons (Fsp3) is 0.941. The van der Waals surface area contributed by atoms with Gasteiger partial charge in [0.15, 0.2) is 0 Å². The van der Waals surface area contributed by atoms with E-state index in [0.717, 1.165) is 38.7 Å². The van der Waals surface area contributed by atoms with Gasteiger partial charge in [-0.2, -0.15) is 0 Å². The van der Waals surface area contributed by atoms with Gasteiger partial charge in [0.2, 0.25) is 0 Å². The van der Waals surface area contributed by atoms with Crippen molar-refractivity contribution < 1.29 is 14.6 Å². The maximum Gasteiger partial charge on any atom is 0.315 e. The molecule has 2 atom stereocenters. The van der Waals surface area contributed by atoms with E-state index in [-0.39, 0.29) is 30.1 Å². The molecule has 0 saturated heterocycles. The summed E-state index contributed by atoms with van der Waals surface area (Å²) in [6.45, 7) is 3.09. The molecule has 2 amide bonds. The second-order valence-corrected chi connectivity index (χ2v) is 7.34. The summed E-state index contributed by atoms with van der Waals surface area (Å²) in [5.74, 6) is 0.429. The van der Waals surface area contributed by atoms with Crippen molar-refractivity contribution in [2.45, 2.75) is 76.5 Å². The second-order valence-electron chi connectivity index (χ2n) is 7.34. The highest BCUT2D eigenvalue weighted by Crippen LogP contribution is 2.57. The van der Waals surface area contributed by atoms with Gasteiger partial charge in [0.25, 0.3) is 0 Å². The molecule has 5 nitrogen and oxygen atoms in total. The lowest BCUT2D eigenvalue weighted by molar-refractivity contribution is -0.169. The Balaban J connectivity index is 1.43. The molecule has 0 bridgehead atoms. The van der Waals surface area contributed by atoms with Crippen LogP contribution < -0.4 is 10.6 Å². The third-order valence-corrected chi connectivity index (χ3v) is 6.18. The molecule has 3 rings (SSSR count). The minimum atomic E-state index is -0.0151. The maximum absolute atomic E-state index is 12.2. The van der Waals surface area contributed by atoms with Gasteiger partial charge in [0.05, 0.1) is 6.10 Å². The number of hydrogen-bond acceptors (Lipinski definition) is 3. The molecule has 5 heteroatoms. The number of amides is 2. The predicted octanol–water partition coefficient (Wildman–Crippen LogP) is 2.18. The van der Waals surface area contributed by atoms with E-state index in [9.17, 15) is 4.79 Å². The van der Waals surface area contributed by atoms with Crippen LogP contribution in [0.2, 0.25) is 0 Å². The van der Waals surface area contributed by atoms with Crippen LogP contribution in [0.5, 0.6) is 0 Å². The summed E-state index contributed by atoms with van der Waals surface area (Å²) in [7, 11) is 0. The van der Waals surface area contributed by atoms with Gasteiger partial charge in [-0.1, -0.05) is 6.42 Å². The molecule has 1 spiro atoms. The van der Waals surface area contributed by atoms with Gasteiger partial charge in [-0.15, -0.1) is 0 Å². The van der Waals surface area contributed by atoms with Gasteiger partial charge < -0.3 is 20.5 Å². The molecule has 0 aromatic rings. The summed E-state index contributed by atoms with van der Waals surface area (Å²) in [6, 6.07) is 0.535. The molecule has 0 heterocycles. The molecule has 2 unspecified atom stereocenters. The number of urea groups is 1. The van der Waals surface area contributed by atoms with Crippen molar-refractivity contribution in [1.82, 2.24) is 10.6 Å². The molecule has 3 fully saturated rings. The number of rotatable bonds is 5. The lowest BCUT2D eigenvalue weighted by Gasteiger charge is -2.60. The lowest BCUT2D eigenvalue weighted by Crippen LogP contribution is -2.68. The average Bonchev–Trinajstić information content (AvgIpc) is 2.45. The van der Waals surface area contributed by atoms with Crippen LogP contribution in [0.1, 0.15) is 58.3 Å². The van der Waals surface area contributed by atoms with Crippen LogP contribution in [0.15, 0.2) is 0 Å². The average molecular weight is 310 g/mol. The Morgan fingerprint density at radius 3 is 2.50 bits per heavy atom. The molecule has 0 aromatic heterocycles. The van der Waals surface area contributed by atoms with Crippen molar-refractivity contribution >= 4 is 6.03 Å². The van der Waals surface area contributed by atoms with Gasteiger partial charge >= 0.3 is 6.03 Å². The highest BCUT2D eigenvalue weighted by Gasteiger charge is 2.59. The third kappa shape index (κ3) is 2.98. The van der Waals surface area contributed by atoms with Crippen molar-refractivity contribution in [2.24, 2.45) is 11.3 Å². The fourth-order valence-corrected chi connectivity index (χ4v) is 4.52. The van der Waals surface area contributed by atoms with E-state index < -0.39 is 0 Å². The SMILES string of the molecule is CCOC1CC(NC(=O)NC2CCC(CO)CC2)C12CCC2. The Bertz CT molecular complexity index is 389. The summed E-state index contributed by atoms with van der Waals surface area (Å²) in [5.41, 5.74) is 0.224. The van der Waals surface area contributed by atoms with Crippen LogP contribution in [0.3, 0.4) is 0 Å². The Hall–Kier alpha value is -0.810. The van der Waals surface area contributed by atoms with E-state index in [1.54, 1.807) is 0 Å². The van der Waals surface area contributed by atoms with E-state index in [1.807, 2.05) is 6.92 Å². The van der Waals surface area contributed by atoms with Crippen molar-refractivity contribution in [3.8, 4) is 0 Å². The first-order chi connectivity index (χ1) is 10.7. The normalized spacial score (nSPS) is 36.3. The largest absolute Gasteiger partial charge is 0.396 e. The highest BCUT2D eigenvalue weighted by atomic mass is 16.5. The Morgan fingerprint density at radius 2 is 1.95 bits per heavy atom. The monoisotopic (exact) mass is 310 g/mol. The highest BCUT2D eigenvalue weighted by molar-refractivity contribution is 5.75. The smallest absolute Gasteiger partial charge is 0.315 e. The summed E-state index contributed by atoms with van der Waals surface area (Å²) in [5, 5.41) is 15.5. The number of ether oxygens (including phenoxy) is 1. The summed E-state index contributed by atoms with van der Waals surface area (Å²) < 4.78 is 5.83. The van der Waals surface area contributed by atoms with Crippen LogP contribution in [-0.4, -0.2) is 42.5 Å². The molecule has 3 aliphatic rings. The zero-order valence-electron chi connectivity index (χ0n) is 13.6. The molecule has 0 radical (unpaired) electrons. The minimum Gasteiger partial charge on any atom is -0.396 e. The van der Waals surface area contributed by atoms with Crippen molar-refractivity contribution in [1.29, 1.82) is 0 Å². The Labute approximate surface area is 133 Å². The third-order valence-electron chi connectivity index (χ3n) is 6.18. The quantitative estimate of drug-likeness (QED) is 0.729. The van der Waals surface area contributed by atoms with Crippen LogP contribution in [0.4, 0.5) is 4.79 Å². The number of carbonyl (C=O) groups excluding carboxylic acids is 1. The van der Waals surface area contributed by atoms with Gasteiger partial charge in [-0.25, -0.2) is 4.79 Å². The van der Waals surface area contributed by atoms with E-state index >= 15 is 0 Å².